The molecule has 0 spiro atoms. The Morgan fingerprint density at radius 1 is 1.19 bits per heavy atom. The number of fused-ring (bicyclic) bond motifs is 2. The van der Waals surface area contributed by atoms with Gasteiger partial charge in [0.1, 0.15) is 5.75 Å². The Morgan fingerprint density at radius 2 is 1.81 bits per heavy atom. The van der Waals surface area contributed by atoms with Crippen LogP contribution in [0.3, 0.4) is 0 Å². The van der Waals surface area contributed by atoms with Gasteiger partial charge < -0.3 is 15.4 Å². The van der Waals surface area contributed by atoms with E-state index in [1.165, 1.54) is 42.4 Å². The molecule has 0 amide bonds. The Kier molecular flexibility index (Phi) is 3.98. The van der Waals surface area contributed by atoms with Crippen molar-refractivity contribution in [1.82, 2.24) is 4.90 Å². The number of hydrogen-bond acceptors (Lipinski definition) is 3. The van der Waals surface area contributed by atoms with E-state index in [9.17, 15) is 0 Å². The molecule has 2 heterocycles. The van der Waals surface area contributed by atoms with E-state index >= 15 is 0 Å². The predicted octanol–water partition coefficient (Wildman–Crippen LogP) is 3.18. The summed E-state index contributed by atoms with van der Waals surface area (Å²) >= 11 is 0. The maximum atomic E-state index is 6.70. The van der Waals surface area contributed by atoms with E-state index in [4.69, 9.17) is 10.5 Å². The minimum atomic E-state index is 0.0948. The number of aryl methyl sites for hydroxylation is 2. The van der Waals surface area contributed by atoms with Crippen molar-refractivity contribution in [3.63, 3.8) is 0 Å². The van der Waals surface area contributed by atoms with E-state index in [1.54, 1.807) is 7.11 Å². The van der Waals surface area contributed by atoms with Crippen LogP contribution in [0.1, 0.15) is 48.4 Å². The van der Waals surface area contributed by atoms with Crippen LogP contribution in [0.15, 0.2) is 12.1 Å². The van der Waals surface area contributed by atoms with Gasteiger partial charge in [0, 0.05) is 23.7 Å². The average Bonchev–Trinajstić information content (AvgIpc) is 2.66. The van der Waals surface area contributed by atoms with Crippen LogP contribution in [0.2, 0.25) is 0 Å². The van der Waals surface area contributed by atoms with Crippen LogP contribution in [0.25, 0.3) is 0 Å². The highest BCUT2D eigenvalue weighted by atomic mass is 16.5. The summed E-state index contributed by atoms with van der Waals surface area (Å²) in [6.45, 7) is 4.27. The van der Waals surface area contributed by atoms with Crippen molar-refractivity contribution in [2.45, 2.75) is 57.7 Å². The third-order valence-corrected chi connectivity index (χ3v) is 5.69. The van der Waals surface area contributed by atoms with E-state index in [-0.39, 0.29) is 6.04 Å². The molecule has 2 bridgehead atoms. The lowest BCUT2D eigenvalue weighted by molar-refractivity contribution is 0.120. The minimum Gasteiger partial charge on any atom is -0.496 e. The molecule has 1 aromatic rings. The lowest BCUT2D eigenvalue weighted by Gasteiger charge is -2.39. The molecule has 1 aromatic carbocycles. The molecule has 2 fully saturated rings. The van der Waals surface area contributed by atoms with Crippen molar-refractivity contribution >= 4 is 0 Å². The quantitative estimate of drug-likeness (QED) is 0.928. The SMILES string of the molecule is COc1cc(C)cc(C)c1C(N)C1CC2CCC(C1)N2C. The number of nitrogens with zero attached hydrogens (tertiary/aromatic N) is 1. The summed E-state index contributed by atoms with van der Waals surface area (Å²) in [5, 5.41) is 0. The fourth-order valence-corrected chi connectivity index (χ4v) is 4.52. The van der Waals surface area contributed by atoms with Crippen LogP contribution in [-0.4, -0.2) is 31.1 Å². The normalized spacial score (nSPS) is 30.4. The van der Waals surface area contributed by atoms with Crippen LogP contribution in [0.5, 0.6) is 5.75 Å². The molecule has 3 atom stereocenters. The van der Waals surface area contributed by atoms with Gasteiger partial charge in [-0.25, -0.2) is 0 Å². The number of rotatable bonds is 3. The van der Waals surface area contributed by atoms with Gasteiger partial charge in [-0.15, -0.1) is 0 Å². The van der Waals surface area contributed by atoms with Gasteiger partial charge in [0.25, 0.3) is 0 Å². The van der Waals surface area contributed by atoms with Gasteiger partial charge in [-0.3, -0.25) is 0 Å². The third-order valence-electron chi connectivity index (χ3n) is 5.69. The third kappa shape index (κ3) is 2.58. The largest absolute Gasteiger partial charge is 0.496 e. The van der Waals surface area contributed by atoms with Gasteiger partial charge >= 0.3 is 0 Å². The maximum absolute atomic E-state index is 6.70. The first-order valence-corrected chi connectivity index (χ1v) is 8.14. The first kappa shape index (κ1) is 14.9. The van der Waals surface area contributed by atoms with E-state index in [1.807, 2.05) is 0 Å². The van der Waals surface area contributed by atoms with Gasteiger partial charge in [0.2, 0.25) is 0 Å². The number of piperidine rings is 1. The number of hydrogen-bond donors (Lipinski definition) is 1. The topological polar surface area (TPSA) is 38.5 Å². The Labute approximate surface area is 128 Å². The highest BCUT2D eigenvalue weighted by Gasteiger charge is 2.41. The molecule has 2 saturated heterocycles. The Balaban J connectivity index is 1.87. The Hall–Kier alpha value is -1.06. The van der Waals surface area contributed by atoms with Gasteiger partial charge in [-0.2, -0.15) is 0 Å². The Bertz CT molecular complexity index is 514. The second-order valence-corrected chi connectivity index (χ2v) is 7.01. The van der Waals surface area contributed by atoms with Gasteiger partial charge in [-0.05, 0) is 69.7 Å². The van der Waals surface area contributed by atoms with E-state index < -0.39 is 0 Å². The van der Waals surface area contributed by atoms with Crippen LogP contribution >= 0.6 is 0 Å². The number of benzene rings is 1. The molecule has 0 radical (unpaired) electrons. The van der Waals surface area contributed by atoms with E-state index in [0.717, 1.165) is 17.8 Å². The smallest absolute Gasteiger partial charge is 0.124 e. The maximum Gasteiger partial charge on any atom is 0.124 e. The predicted molar refractivity (Wildman–Crippen MR) is 86.7 cm³/mol. The molecule has 0 aromatic heterocycles. The van der Waals surface area contributed by atoms with E-state index in [0.29, 0.717) is 5.92 Å². The summed E-state index contributed by atoms with van der Waals surface area (Å²) in [6.07, 6.45) is 5.14. The van der Waals surface area contributed by atoms with Crippen molar-refractivity contribution in [3.05, 3.63) is 28.8 Å². The lowest BCUT2D eigenvalue weighted by atomic mass is 9.81. The molecule has 2 aliphatic rings. The van der Waals surface area contributed by atoms with Crippen LogP contribution in [0, 0.1) is 19.8 Å². The van der Waals surface area contributed by atoms with Crippen molar-refractivity contribution in [2.24, 2.45) is 11.7 Å². The van der Waals surface area contributed by atoms with Crippen molar-refractivity contribution in [2.75, 3.05) is 14.2 Å². The highest BCUT2D eigenvalue weighted by molar-refractivity contribution is 5.45. The summed E-state index contributed by atoms with van der Waals surface area (Å²) in [5.74, 6) is 1.54. The summed E-state index contributed by atoms with van der Waals surface area (Å²) in [5.41, 5.74) is 10.4. The molecule has 0 aliphatic carbocycles. The van der Waals surface area contributed by atoms with Crippen LogP contribution in [-0.2, 0) is 0 Å². The Morgan fingerprint density at radius 3 is 2.38 bits per heavy atom. The molecule has 21 heavy (non-hydrogen) atoms. The molecule has 0 saturated carbocycles. The fraction of sp³-hybridized carbons (Fsp3) is 0.667. The zero-order chi connectivity index (χ0) is 15.1. The molecule has 3 unspecified atom stereocenters. The molecule has 3 heteroatoms. The highest BCUT2D eigenvalue weighted by Crippen LogP contribution is 2.44. The monoisotopic (exact) mass is 288 g/mol. The molecule has 3 rings (SSSR count). The first-order valence-electron chi connectivity index (χ1n) is 8.14. The fourth-order valence-electron chi connectivity index (χ4n) is 4.52. The molecular formula is C18H28N2O. The number of nitrogens with two attached hydrogens (primary N) is 1. The molecule has 3 nitrogen and oxygen atoms in total. The second-order valence-electron chi connectivity index (χ2n) is 7.01. The molecule has 2 aliphatic heterocycles. The van der Waals surface area contributed by atoms with Gasteiger partial charge in [0.15, 0.2) is 0 Å². The standard InChI is InChI=1S/C18H28N2O/c1-11-7-12(2)17(16(8-11)21-4)18(19)13-9-14-5-6-15(10-13)20(14)3/h7-8,13-15,18H,5-6,9-10,19H2,1-4H3. The van der Waals surface area contributed by atoms with Crippen molar-refractivity contribution in [3.8, 4) is 5.75 Å². The number of methoxy groups -OCH3 is 1. The minimum absolute atomic E-state index is 0.0948. The van der Waals surface area contributed by atoms with Gasteiger partial charge in [-0.1, -0.05) is 6.07 Å². The zero-order valence-corrected chi connectivity index (χ0v) is 13.7. The first-order chi connectivity index (χ1) is 10.0. The molecule has 116 valence electrons. The summed E-state index contributed by atoms with van der Waals surface area (Å²) in [7, 11) is 4.03. The summed E-state index contributed by atoms with van der Waals surface area (Å²) in [4.78, 5) is 2.57. The van der Waals surface area contributed by atoms with Crippen molar-refractivity contribution in [1.29, 1.82) is 0 Å². The molecule has 2 N–H and O–H groups in total. The van der Waals surface area contributed by atoms with Crippen molar-refractivity contribution < 1.29 is 4.74 Å². The summed E-state index contributed by atoms with van der Waals surface area (Å²) in [6, 6.07) is 5.90. The van der Waals surface area contributed by atoms with E-state index in [2.05, 4.69) is 37.9 Å². The summed E-state index contributed by atoms with van der Waals surface area (Å²) < 4.78 is 5.62. The lowest BCUT2D eigenvalue weighted by Crippen LogP contribution is -2.42. The van der Waals surface area contributed by atoms with Crippen LogP contribution in [0.4, 0.5) is 0 Å². The van der Waals surface area contributed by atoms with Crippen LogP contribution < -0.4 is 10.5 Å². The second kappa shape index (κ2) is 5.62. The number of ether oxygens (including phenoxy) is 1. The average molecular weight is 288 g/mol. The zero-order valence-electron chi connectivity index (χ0n) is 13.7. The van der Waals surface area contributed by atoms with Gasteiger partial charge in [0.05, 0.1) is 7.11 Å². The molecular weight excluding hydrogens is 260 g/mol.